The number of benzene rings is 1. The summed E-state index contributed by atoms with van der Waals surface area (Å²) < 4.78 is 14.3. The number of hydrogen-bond donors (Lipinski definition) is 1. The zero-order chi connectivity index (χ0) is 14.8. The maximum atomic E-state index is 13.6. The van der Waals surface area contributed by atoms with Gasteiger partial charge in [-0.2, -0.15) is 0 Å². The first-order valence-electron chi connectivity index (χ1n) is 6.38. The third kappa shape index (κ3) is 3.76. The van der Waals surface area contributed by atoms with Gasteiger partial charge in [0.15, 0.2) is 0 Å². The normalized spacial score (nSPS) is 11.4. The standard InChI is InChI=1S/C15H17BrFN3/c1-15(2,3)14-19-12(16)8-13(20-14)18-9-10-6-4-5-7-11(10)17/h4-8H,9H2,1-3H3,(H,18,19,20). The van der Waals surface area contributed by atoms with Gasteiger partial charge >= 0.3 is 0 Å². The molecule has 3 nitrogen and oxygen atoms in total. The second kappa shape index (κ2) is 5.87. The fraction of sp³-hybridized carbons (Fsp3) is 0.333. The van der Waals surface area contributed by atoms with Crippen LogP contribution in [0.1, 0.15) is 32.2 Å². The summed E-state index contributed by atoms with van der Waals surface area (Å²) in [6, 6.07) is 8.49. The Hall–Kier alpha value is -1.49. The molecule has 0 fully saturated rings. The van der Waals surface area contributed by atoms with E-state index in [4.69, 9.17) is 0 Å². The third-order valence-electron chi connectivity index (χ3n) is 2.78. The van der Waals surface area contributed by atoms with Gasteiger partial charge in [-0.3, -0.25) is 0 Å². The quantitative estimate of drug-likeness (QED) is 0.849. The fourth-order valence-electron chi connectivity index (χ4n) is 1.67. The van der Waals surface area contributed by atoms with Gasteiger partial charge in [0.1, 0.15) is 22.1 Å². The van der Waals surface area contributed by atoms with Crippen molar-refractivity contribution in [3.05, 3.63) is 52.1 Å². The zero-order valence-corrected chi connectivity index (χ0v) is 13.3. The van der Waals surface area contributed by atoms with Crippen LogP contribution < -0.4 is 5.32 Å². The van der Waals surface area contributed by atoms with Crippen LogP contribution in [0, 0.1) is 5.82 Å². The van der Waals surface area contributed by atoms with Gasteiger partial charge in [-0.1, -0.05) is 39.0 Å². The maximum Gasteiger partial charge on any atom is 0.137 e. The minimum atomic E-state index is -0.218. The summed E-state index contributed by atoms with van der Waals surface area (Å²) in [7, 11) is 0. The largest absolute Gasteiger partial charge is 0.366 e. The van der Waals surface area contributed by atoms with E-state index in [-0.39, 0.29) is 11.2 Å². The molecule has 20 heavy (non-hydrogen) atoms. The van der Waals surface area contributed by atoms with Gasteiger partial charge in [0.25, 0.3) is 0 Å². The Bertz CT molecular complexity index is 608. The summed E-state index contributed by atoms with van der Waals surface area (Å²) in [5, 5.41) is 3.13. The molecular formula is C15H17BrFN3. The molecule has 2 rings (SSSR count). The molecule has 2 aromatic rings. The van der Waals surface area contributed by atoms with Crippen molar-refractivity contribution in [1.82, 2.24) is 9.97 Å². The van der Waals surface area contributed by atoms with E-state index in [9.17, 15) is 4.39 Å². The van der Waals surface area contributed by atoms with E-state index in [1.165, 1.54) is 6.07 Å². The predicted molar refractivity (Wildman–Crippen MR) is 82.2 cm³/mol. The molecule has 0 unspecified atom stereocenters. The van der Waals surface area contributed by atoms with Crippen LogP contribution in [0.3, 0.4) is 0 Å². The SMILES string of the molecule is CC(C)(C)c1nc(Br)cc(NCc2ccccc2F)n1. The van der Waals surface area contributed by atoms with E-state index >= 15 is 0 Å². The second-order valence-electron chi connectivity index (χ2n) is 5.59. The Labute approximate surface area is 126 Å². The van der Waals surface area contributed by atoms with Crippen molar-refractivity contribution in [2.45, 2.75) is 32.7 Å². The first-order valence-corrected chi connectivity index (χ1v) is 7.18. The first kappa shape index (κ1) is 14.9. The van der Waals surface area contributed by atoms with Crippen LogP contribution in [0.2, 0.25) is 0 Å². The summed E-state index contributed by atoms with van der Waals surface area (Å²) in [4.78, 5) is 8.84. The van der Waals surface area contributed by atoms with Crippen molar-refractivity contribution >= 4 is 21.7 Å². The van der Waals surface area contributed by atoms with Crippen molar-refractivity contribution in [2.24, 2.45) is 0 Å². The highest BCUT2D eigenvalue weighted by Crippen LogP contribution is 2.22. The molecule has 1 heterocycles. The van der Waals surface area contributed by atoms with E-state index in [0.29, 0.717) is 22.5 Å². The first-order chi connectivity index (χ1) is 9.36. The van der Waals surface area contributed by atoms with Crippen LogP contribution in [0.15, 0.2) is 34.9 Å². The number of rotatable bonds is 3. The van der Waals surface area contributed by atoms with E-state index in [1.54, 1.807) is 18.2 Å². The minimum Gasteiger partial charge on any atom is -0.366 e. The average molecular weight is 338 g/mol. The fourth-order valence-corrected chi connectivity index (χ4v) is 2.06. The minimum absolute atomic E-state index is 0.141. The van der Waals surface area contributed by atoms with Crippen LogP contribution in [0.5, 0.6) is 0 Å². The van der Waals surface area contributed by atoms with E-state index < -0.39 is 0 Å². The molecule has 0 radical (unpaired) electrons. The highest BCUT2D eigenvalue weighted by Gasteiger charge is 2.18. The van der Waals surface area contributed by atoms with E-state index in [1.807, 2.05) is 6.07 Å². The lowest BCUT2D eigenvalue weighted by atomic mass is 9.96. The Morgan fingerprint density at radius 1 is 1.20 bits per heavy atom. The molecule has 1 aromatic carbocycles. The van der Waals surface area contributed by atoms with Crippen molar-refractivity contribution in [3.63, 3.8) is 0 Å². The molecule has 0 atom stereocenters. The number of anilines is 1. The number of nitrogens with zero attached hydrogens (tertiary/aromatic N) is 2. The van der Waals surface area contributed by atoms with Crippen molar-refractivity contribution in [1.29, 1.82) is 0 Å². The van der Waals surface area contributed by atoms with Gasteiger partial charge in [0.05, 0.1) is 0 Å². The summed E-state index contributed by atoms with van der Waals surface area (Å²) in [5.41, 5.74) is 0.470. The predicted octanol–water partition coefficient (Wildman–Crippen LogP) is 4.29. The molecule has 0 aliphatic heterocycles. The average Bonchev–Trinajstić information content (AvgIpc) is 2.36. The summed E-state index contributed by atoms with van der Waals surface area (Å²) >= 11 is 3.38. The number of halogens is 2. The Balaban J connectivity index is 2.18. The molecule has 0 saturated heterocycles. The van der Waals surface area contributed by atoms with E-state index in [2.05, 4.69) is 52.0 Å². The summed E-state index contributed by atoms with van der Waals surface area (Å²) in [6.07, 6.45) is 0. The van der Waals surface area contributed by atoms with E-state index in [0.717, 1.165) is 5.82 Å². The maximum absolute atomic E-state index is 13.6. The van der Waals surface area contributed by atoms with Crippen molar-refractivity contribution in [2.75, 3.05) is 5.32 Å². The molecular weight excluding hydrogens is 321 g/mol. The molecule has 0 aliphatic carbocycles. The zero-order valence-electron chi connectivity index (χ0n) is 11.7. The Kier molecular flexibility index (Phi) is 4.38. The van der Waals surface area contributed by atoms with Crippen LogP contribution in [0.4, 0.5) is 10.2 Å². The topological polar surface area (TPSA) is 37.8 Å². The van der Waals surface area contributed by atoms with Crippen molar-refractivity contribution < 1.29 is 4.39 Å². The molecule has 1 aromatic heterocycles. The molecule has 0 bridgehead atoms. The van der Waals surface area contributed by atoms with Gasteiger partial charge in [-0.15, -0.1) is 0 Å². The molecule has 0 saturated carbocycles. The van der Waals surface area contributed by atoms with Gasteiger partial charge in [0, 0.05) is 23.6 Å². The molecule has 0 aliphatic rings. The van der Waals surface area contributed by atoms with Crippen LogP contribution in [-0.2, 0) is 12.0 Å². The Morgan fingerprint density at radius 2 is 1.90 bits per heavy atom. The second-order valence-corrected chi connectivity index (χ2v) is 6.41. The van der Waals surface area contributed by atoms with Crippen LogP contribution in [-0.4, -0.2) is 9.97 Å². The van der Waals surface area contributed by atoms with Gasteiger partial charge in [0.2, 0.25) is 0 Å². The summed E-state index contributed by atoms with van der Waals surface area (Å²) in [5.74, 6) is 1.20. The summed E-state index contributed by atoms with van der Waals surface area (Å²) in [6.45, 7) is 6.54. The van der Waals surface area contributed by atoms with Crippen molar-refractivity contribution in [3.8, 4) is 0 Å². The number of nitrogens with one attached hydrogen (secondary N) is 1. The van der Waals surface area contributed by atoms with Crippen LogP contribution >= 0.6 is 15.9 Å². The third-order valence-corrected chi connectivity index (χ3v) is 3.19. The lowest BCUT2D eigenvalue weighted by molar-refractivity contribution is 0.544. The number of hydrogen-bond acceptors (Lipinski definition) is 3. The molecule has 5 heteroatoms. The lowest BCUT2D eigenvalue weighted by Crippen LogP contribution is -2.17. The monoisotopic (exact) mass is 337 g/mol. The molecule has 106 valence electrons. The van der Waals surface area contributed by atoms with Gasteiger partial charge in [-0.25, -0.2) is 14.4 Å². The molecule has 0 amide bonds. The van der Waals surface area contributed by atoms with Crippen LogP contribution in [0.25, 0.3) is 0 Å². The molecule has 0 spiro atoms. The Morgan fingerprint density at radius 3 is 2.55 bits per heavy atom. The van der Waals surface area contributed by atoms with Gasteiger partial charge in [-0.05, 0) is 22.0 Å². The highest BCUT2D eigenvalue weighted by molar-refractivity contribution is 9.10. The number of aromatic nitrogens is 2. The highest BCUT2D eigenvalue weighted by atomic mass is 79.9. The smallest absolute Gasteiger partial charge is 0.137 e. The molecule has 1 N–H and O–H groups in total. The lowest BCUT2D eigenvalue weighted by Gasteiger charge is -2.18. The van der Waals surface area contributed by atoms with Gasteiger partial charge < -0.3 is 5.32 Å².